The number of nitrogens with zero attached hydrogens (tertiary/aromatic N) is 4. The number of rotatable bonds is 8. The molecule has 49 heavy (non-hydrogen) atoms. The second kappa shape index (κ2) is 12.7. The van der Waals surface area contributed by atoms with E-state index in [1.807, 2.05) is 12.1 Å². The van der Waals surface area contributed by atoms with Gasteiger partial charge in [-0.25, -0.2) is 4.72 Å². The number of nitrogens with one attached hydrogen (secondary N) is 1. The summed E-state index contributed by atoms with van der Waals surface area (Å²) in [5.74, 6) is 0.0162. The molecule has 3 fully saturated rings. The molecule has 3 heterocycles. The van der Waals surface area contributed by atoms with Gasteiger partial charge in [0.1, 0.15) is 5.75 Å². The SMILES string of the molecule is COc1ccc2c(c1)C1CC1(C(=O)N(C)CC(=O)N1CCOCC1)Cn1c-2c(C2CCCCC2)c2ccc(C(=O)NS(=O)(=O)N(C)C)cc21. The topological polar surface area (TPSA) is 130 Å². The maximum atomic E-state index is 14.6. The third-order valence-electron chi connectivity index (χ3n) is 11.0. The van der Waals surface area contributed by atoms with Crippen LogP contribution in [0.15, 0.2) is 36.4 Å². The van der Waals surface area contributed by atoms with Gasteiger partial charge in [-0.15, -0.1) is 0 Å². The van der Waals surface area contributed by atoms with Crippen molar-refractivity contribution in [2.75, 3.05) is 61.1 Å². The van der Waals surface area contributed by atoms with E-state index >= 15 is 0 Å². The molecule has 3 amide bonds. The Morgan fingerprint density at radius 2 is 1.76 bits per heavy atom. The fourth-order valence-corrected chi connectivity index (χ4v) is 8.79. The summed E-state index contributed by atoms with van der Waals surface area (Å²) in [6, 6.07) is 11.5. The lowest BCUT2D eigenvalue weighted by Gasteiger charge is -2.30. The third-order valence-corrected chi connectivity index (χ3v) is 12.4. The number of carbonyl (C=O) groups is 3. The van der Waals surface area contributed by atoms with Crippen molar-refractivity contribution < 1.29 is 32.3 Å². The molecular formula is C36H45N5O7S. The average molecular weight is 692 g/mol. The standard InChI is InChI=1S/C36H45N5O7S/c1-38(2)49(45,46)37-34(43)24-10-12-27-30(18-24)41-22-36(35(44)39(3)21-31(42)40-14-16-48-17-15-40)20-29(36)28-19-25(47-4)11-13-26(28)33(41)32(27)23-8-6-5-7-9-23/h10-13,18-19,23,29H,5-9,14-17,20-22H2,1-4H3,(H,37,43). The molecule has 1 N–H and O–H groups in total. The Labute approximate surface area is 287 Å². The Hall–Kier alpha value is -3.94. The minimum atomic E-state index is -4.00. The summed E-state index contributed by atoms with van der Waals surface area (Å²) >= 11 is 0. The van der Waals surface area contributed by atoms with Crippen molar-refractivity contribution in [3.63, 3.8) is 0 Å². The van der Waals surface area contributed by atoms with Crippen molar-refractivity contribution in [3.05, 3.63) is 53.1 Å². The smallest absolute Gasteiger partial charge is 0.303 e. The van der Waals surface area contributed by atoms with Crippen molar-refractivity contribution in [1.82, 2.24) is 23.4 Å². The average Bonchev–Trinajstić information content (AvgIpc) is 3.77. The molecular weight excluding hydrogens is 646 g/mol. The molecule has 262 valence electrons. The van der Waals surface area contributed by atoms with E-state index in [0.29, 0.717) is 50.9 Å². The van der Waals surface area contributed by atoms with Crippen LogP contribution in [0.5, 0.6) is 5.75 Å². The first-order valence-corrected chi connectivity index (χ1v) is 18.6. The number of carbonyl (C=O) groups excluding carboxylic acids is 3. The summed E-state index contributed by atoms with van der Waals surface area (Å²) in [7, 11) is 2.07. The fourth-order valence-electron chi connectivity index (χ4n) is 8.26. The molecule has 2 aliphatic carbocycles. The van der Waals surface area contributed by atoms with Crippen LogP contribution >= 0.6 is 0 Å². The van der Waals surface area contributed by atoms with Gasteiger partial charge in [0.25, 0.3) is 5.91 Å². The molecule has 0 radical (unpaired) electrons. The van der Waals surface area contributed by atoms with E-state index < -0.39 is 21.5 Å². The predicted molar refractivity (Wildman–Crippen MR) is 185 cm³/mol. The second-order valence-corrected chi connectivity index (χ2v) is 16.0. The molecule has 2 aromatic carbocycles. The molecule has 3 aromatic rings. The molecule has 12 nitrogen and oxygen atoms in total. The highest BCUT2D eigenvalue weighted by Gasteiger charge is 2.63. The minimum Gasteiger partial charge on any atom is -0.497 e. The van der Waals surface area contributed by atoms with Gasteiger partial charge in [-0.1, -0.05) is 25.3 Å². The van der Waals surface area contributed by atoms with Gasteiger partial charge in [0, 0.05) is 68.7 Å². The summed E-state index contributed by atoms with van der Waals surface area (Å²) in [5.41, 5.74) is 4.55. The highest BCUT2D eigenvalue weighted by atomic mass is 32.2. The lowest BCUT2D eigenvalue weighted by molar-refractivity contribution is -0.144. The van der Waals surface area contributed by atoms with Crippen LogP contribution in [0, 0.1) is 5.41 Å². The van der Waals surface area contributed by atoms with Gasteiger partial charge in [0.05, 0.1) is 38.0 Å². The summed E-state index contributed by atoms with van der Waals surface area (Å²) in [6.07, 6.45) is 6.14. The molecule has 13 heteroatoms. The quantitative estimate of drug-likeness (QED) is 0.381. The van der Waals surface area contributed by atoms with Crippen molar-refractivity contribution in [1.29, 1.82) is 0 Å². The van der Waals surface area contributed by atoms with Crippen molar-refractivity contribution >= 4 is 38.8 Å². The molecule has 0 bridgehead atoms. The molecule has 2 aliphatic heterocycles. The van der Waals surface area contributed by atoms with E-state index in [-0.39, 0.29) is 29.8 Å². The van der Waals surface area contributed by atoms with Crippen LogP contribution in [0.4, 0.5) is 0 Å². The van der Waals surface area contributed by atoms with Gasteiger partial charge < -0.3 is 23.8 Å². The molecule has 2 unspecified atom stereocenters. The minimum absolute atomic E-state index is 0.0183. The maximum absolute atomic E-state index is 14.6. The van der Waals surface area contributed by atoms with Crippen LogP contribution in [0.25, 0.3) is 22.2 Å². The van der Waals surface area contributed by atoms with Crippen LogP contribution in [0.2, 0.25) is 0 Å². The lowest BCUT2D eigenvalue weighted by Crippen LogP contribution is -2.47. The molecule has 1 aromatic heterocycles. The zero-order valence-electron chi connectivity index (χ0n) is 28.7. The number of morpholine rings is 1. The van der Waals surface area contributed by atoms with Gasteiger partial charge in [-0.3, -0.25) is 14.4 Å². The van der Waals surface area contributed by atoms with E-state index in [9.17, 15) is 22.8 Å². The number of likely N-dealkylation sites (N-methyl/N-ethyl adjacent to an activating group) is 1. The first-order valence-electron chi connectivity index (χ1n) is 17.2. The van der Waals surface area contributed by atoms with Gasteiger partial charge in [0.15, 0.2) is 0 Å². The Balaban J connectivity index is 1.36. The second-order valence-electron chi connectivity index (χ2n) is 14.2. The monoisotopic (exact) mass is 691 g/mol. The summed E-state index contributed by atoms with van der Waals surface area (Å²) in [6.45, 7) is 2.34. The van der Waals surface area contributed by atoms with E-state index in [0.717, 1.165) is 57.7 Å². The van der Waals surface area contributed by atoms with E-state index in [1.54, 1.807) is 36.1 Å². The van der Waals surface area contributed by atoms with Gasteiger partial charge in [-0.2, -0.15) is 12.7 Å². The largest absolute Gasteiger partial charge is 0.497 e. The fraction of sp³-hybridized carbons (Fsp3) is 0.528. The summed E-state index contributed by atoms with van der Waals surface area (Å²) < 4.78 is 41.5. The summed E-state index contributed by atoms with van der Waals surface area (Å²) in [4.78, 5) is 44.5. The molecule has 4 aliphatic rings. The Kier molecular flexibility index (Phi) is 8.73. The maximum Gasteiger partial charge on any atom is 0.303 e. The van der Waals surface area contributed by atoms with Crippen molar-refractivity contribution in [2.45, 2.75) is 56.9 Å². The molecule has 7 rings (SSSR count). The molecule has 0 spiro atoms. The predicted octanol–water partition coefficient (Wildman–Crippen LogP) is 3.71. The number of ether oxygens (including phenoxy) is 2. The number of hydrogen-bond acceptors (Lipinski definition) is 7. The summed E-state index contributed by atoms with van der Waals surface area (Å²) in [5, 5.41) is 1.01. The number of methoxy groups -OCH3 is 1. The molecule has 2 saturated carbocycles. The number of aromatic nitrogens is 1. The first kappa shape index (κ1) is 33.6. The zero-order chi connectivity index (χ0) is 34.7. The van der Waals surface area contributed by atoms with Gasteiger partial charge in [0.2, 0.25) is 11.8 Å². The van der Waals surface area contributed by atoms with Crippen LogP contribution in [-0.4, -0.2) is 106 Å². The highest BCUT2D eigenvalue weighted by Crippen LogP contribution is 2.66. The van der Waals surface area contributed by atoms with Crippen molar-refractivity contribution in [3.8, 4) is 17.0 Å². The Morgan fingerprint density at radius 1 is 1.02 bits per heavy atom. The van der Waals surface area contributed by atoms with E-state index in [4.69, 9.17) is 9.47 Å². The van der Waals surface area contributed by atoms with Crippen LogP contribution < -0.4 is 9.46 Å². The van der Waals surface area contributed by atoms with Crippen LogP contribution in [-0.2, 0) is 31.1 Å². The number of amides is 3. The normalized spacial score (nSPS) is 22.1. The third kappa shape index (κ3) is 5.89. The highest BCUT2D eigenvalue weighted by molar-refractivity contribution is 7.87. The van der Waals surface area contributed by atoms with E-state index in [2.05, 4.69) is 21.4 Å². The van der Waals surface area contributed by atoms with Crippen LogP contribution in [0.1, 0.15) is 71.8 Å². The Bertz CT molecular complexity index is 1930. The van der Waals surface area contributed by atoms with Crippen molar-refractivity contribution in [2.24, 2.45) is 5.41 Å². The Morgan fingerprint density at radius 3 is 2.45 bits per heavy atom. The zero-order valence-corrected chi connectivity index (χ0v) is 29.5. The first-order chi connectivity index (χ1) is 23.4. The number of hydrogen-bond donors (Lipinski definition) is 1. The molecule has 1 saturated heterocycles. The van der Waals surface area contributed by atoms with Gasteiger partial charge in [-0.05, 0) is 66.6 Å². The van der Waals surface area contributed by atoms with Gasteiger partial charge >= 0.3 is 10.2 Å². The van der Waals surface area contributed by atoms with E-state index in [1.165, 1.54) is 26.1 Å². The number of fused-ring (bicyclic) bond motifs is 7. The van der Waals surface area contributed by atoms with Crippen LogP contribution in [0.3, 0.4) is 0 Å². The number of benzene rings is 2. The lowest BCUT2D eigenvalue weighted by atomic mass is 9.81. The molecule has 2 atom stereocenters.